The van der Waals surface area contributed by atoms with Crippen LogP contribution in [0.1, 0.15) is 17.5 Å². The van der Waals surface area contributed by atoms with Crippen molar-refractivity contribution in [3.63, 3.8) is 0 Å². The minimum Gasteiger partial charge on any atom is -0.512 e. The average Bonchev–Trinajstić information content (AvgIpc) is 2.66. The molecule has 3 rings (SSSR count). The number of hydrogen-bond acceptors (Lipinski definition) is 6. The Bertz CT molecular complexity index is 755. The van der Waals surface area contributed by atoms with Crippen molar-refractivity contribution >= 4 is 0 Å². The van der Waals surface area contributed by atoms with Gasteiger partial charge in [0.25, 0.3) is 0 Å². The lowest BCUT2D eigenvalue weighted by Crippen LogP contribution is -2.42. The molecule has 3 N–H and O–H groups in total. The predicted molar refractivity (Wildman–Crippen MR) is 95.1 cm³/mol. The molecule has 138 valence electrons. The normalized spacial score (nSPS) is 24.1. The molecule has 0 aliphatic carbocycles. The molecule has 1 saturated heterocycles. The fourth-order valence-electron chi connectivity index (χ4n) is 2.83. The molecule has 1 aliphatic rings. The lowest BCUT2D eigenvalue weighted by atomic mass is 10.0. The van der Waals surface area contributed by atoms with Gasteiger partial charge >= 0.3 is 0 Å². The van der Waals surface area contributed by atoms with Gasteiger partial charge in [0.1, 0.15) is 23.9 Å². The summed E-state index contributed by atoms with van der Waals surface area (Å²) in [5, 5.41) is 28.8. The Labute approximate surface area is 151 Å². The Balaban J connectivity index is 1.74. The van der Waals surface area contributed by atoms with Crippen molar-refractivity contribution in [3.05, 3.63) is 71.7 Å². The Kier molecular flexibility index (Phi) is 5.65. The van der Waals surface area contributed by atoms with Crippen LogP contribution in [0, 0.1) is 0 Å². The van der Waals surface area contributed by atoms with Crippen molar-refractivity contribution in [1.82, 2.24) is 0 Å². The van der Waals surface area contributed by atoms with Crippen molar-refractivity contribution in [3.8, 4) is 11.5 Å². The van der Waals surface area contributed by atoms with E-state index in [1.165, 1.54) is 0 Å². The minimum absolute atomic E-state index is 0.0926. The molecule has 0 unspecified atom stereocenters. The van der Waals surface area contributed by atoms with Crippen LogP contribution in [0.25, 0.3) is 0 Å². The van der Waals surface area contributed by atoms with Gasteiger partial charge in [-0.3, -0.25) is 0 Å². The Morgan fingerprint density at radius 1 is 1.12 bits per heavy atom. The van der Waals surface area contributed by atoms with Crippen LogP contribution < -0.4 is 9.47 Å². The van der Waals surface area contributed by atoms with E-state index in [-0.39, 0.29) is 12.2 Å². The maximum atomic E-state index is 9.91. The topological polar surface area (TPSA) is 88.4 Å². The maximum absolute atomic E-state index is 9.91. The number of hydrogen-bond donors (Lipinski definition) is 3. The summed E-state index contributed by atoms with van der Waals surface area (Å²) >= 11 is 0. The number of methoxy groups -OCH3 is 1. The third-order valence-electron chi connectivity index (χ3n) is 4.27. The summed E-state index contributed by atoms with van der Waals surface area (Å²) in [6.07, 6.45) is -1.73. The lowest BCUT2D eigenvalue weighted by molar-refractivity contribution is -0.147. The molecule has 0 amide bonds. The molecule has 2 aromatic rings. The van der Waals surface area contributed by atoms with Crippen molar-refractivity contribution in [2.75, 3.05) is 7.11 Å². The van der Waals surface area contributed by atoms with Crippen molar-refractivity contribution in [2.24, 2.45) is 0 Å². The summed E-state index contributed by atoms with van der Waals surface area (Å²) in [6.45, 7) is 0. The van der Waals surface area contributed by atoms with Gasteiger partial charge in [-0.25, -0.2) is 0 Å². The zero-order valence-corrected chi connectivity index (χ0v) is 14.4. The highest BCUT2D eigenvalue weighted by Gasteiger charge is 2.34. The zero-order chi connectivity index (χ0) is 18.5. The molecular weight excluding hydrogens is 336 g/mol. The number of para-hydroxylation sites is 1. The first-order valence-corrected chi connectivity index (χ1v) is 8.35. The number of benzene rings is 2. The van der Waals surface area contributed by atoms with E-state index in [9.17, 15) is 10.2 Å². The van der Waals surface area contributed by atoms with Crippen LogP contribution in [-0.2, 0) is 11.2 Å². The first-order valence-electron chi connectivity index (χ1n) is 8.35. The number of rotatable bonds is 5. The second kappa shape index (κ2) is 8.12. The first kappa shape index (κ1) is 18.1. The highest BCUT2D eigenvalue weighted by molar-refractivity contribution is 5.39. The second-order valence-corrected chi connectivity index (χ2v) is 6.08. The van der Waals surface area contributed by atoms with E-state index >= 15 is 0 Å². The number of aliphatic hydroxyl groups excluding tert-OH is 3. The zero-order valence-electron chi connectivity index (χ0n) is 14.4. The molecule has 0 saturated carbocycles. The minimum atomic E-state index is -1.26. The van der Waals surface area contributed by atoms with E-state index in [0.29, 0.717) is 18.4 Å². The fourth-order valence-corrected chi connectivity index (χ4v) is 2.83. The number of ether oxygens (including phenoxy) is 3. The van der Waals surface area contributed by atoms with Crippen LogP contribution in [0.2, 0.25) is 0 Å². The summed E-state index contributed by atoms with van der Waals surface area (Å²) in [5.74, 6) is 1.31. The molecule has 2 aromatic carbocycles. The third kappa shape index (κ3) is 4.09. The average molecular weight is 358 g/mol. The molecular formula is C20H22O6. The fraction of sp³-hybridized carbons (Fsp3) is 0.300. The SMILES string of the molecule is COc1ccc(Cc2ccccc2O[C@H]2C[C@@H](O)[C@H](O)/C(=C\O)O2)cc1. The monoisotopic (exact) mass is 358 g/mol. The van der Waals surface area contributed by atoms with Gasteiger partial charge in [0.05, 0.1) is 19.6 Å². The van der Waals surface area contributed by atoms with Gasteiger partial charge in [0.2, 0.25) is 6.29 Å². The molecule has 3 atom stereocenters. The van der Waals surface area contributed by atoms with Gasteiger partial charge in [-0.2, -0.15) is 0 Å². The van der Waals surface area contributed by atoms with E-state index in [2.05, 4.69) is 0 Å². The molecule has 1 heterocycles. The van der Waals surface area contributed by atoms with Crippen molar-refractivity contribution in [1.29, 1.82) is 0 Å². The van der Waals surface area contributed by atoms with Gasteiger partial charge in [-0.15, -0.1) is 0 Å². The van der Waals surface area contributed by atoms with Gasteiger partial charge in [-0.05, 0) is 29.3 Å². The highest BCUT2D eigenvalue weighted by atomic mass is 16.7. The molecule has 1 fully saturated rings. The van der Waals surface area contributed by atoms with Crippen LogP contribution in [-0.4, -0.2) is 40.9 Å². The summed E-state index contributed by atoms with van der Waals surface area (Å²) < 4.78 is 16.5. The van der Waals surface area contributed by atoms with E-state index in [1.807, 2.05) is 48.5 Å². The summed E-state index contributed by atoms with van der Waals surface area (Å²) in [6, 6.07) is 15.3. The summed E-state index contributed by atoms with van der Waals surface area (Å²) in [5.41, 5.74) is 2.05. The quantitative estimate of drug-likeness (QED) is 0.712. The Morgan fingerprint density at radius 2 is 1.85 bits per heavy atom. The molecule has 0 radical (unpaired) electrons. The van der Waals surface area contributed by atoms with Crippen LogP contribution in [0.3, 0.4) is 0 Å². The molecule has 0 spiro atoms. The maximum Gasteiger partial charge on any atom is 0.243 e. The van der Waals surface area contributed by atoms with Crippen molar-refractivity contribution < 1.29 is 29.5 Å². The van der Waals surface area contributed by atoms with Gasteiger partial charge in [0.15, 0.2) is 5.76 Å². The van der Waals surface area contributed by atoms with Crippen LogP contribution >= 0.6 is 0 Å². The standard InChI is InChI=1S/C20H22O6/c1-24-15-8-6-13(7-9-15)10-14-4-2-3-5-17(14)25-19-11-16(22)20(23)18(12-21)26-19/h2-9,12,16,19-23H,10-11H2,1H3/b18-12+/t16-,19-,20+/m1/s1. The summed E-state index contributed by atoms with van der Waals surface area (Å²) in [7, 11) is 1.63. The Morgan fingerprint density at radius 3 is 2.54 bits per heavy atom. The van der Waals surface area contributed by atoms with E-state index in [1.54, 1.807) is 7.11 Å². The van der Waals surface area contributed by atoms with E-state index in [0.717, 1.165) is 16.9 Å². The van der Waals surface area contributed by atoms with Gasteiger partial charge in [-0.1, -0.05) is 30.3 Å². The smallest absolute Gasteiger partial charge is 0.243 e. The second-order valence-electron chi connectivity index (χ2n) is 6.08. The molecule has 26 heavy (non-hydrogen) atoms. The van der Waals surface area contributed by atoms with E-state index < -0.39 is 18.5 Å². The largest absolute Gasteiger partial charge is 0.512 e. The predicted octanol–water partition coefficient (Wildman–Crippen LogP) is 2.53. The van der Waals surface area contributed by atoms with Crippen LogP contribution in [0.15, 0.2) is 60.6 Å². The van der Waals surface area contributed by atoms with Crippen molar-refractivity contribution in [2.45, 2.75) is 31.3 Å². The van der Waals surface area contributed by atoms with Crippen LogP contribution in [0.4, 0.5) is 0 Å². The van der Waals surface area contributed by atoms with Crippen LogP contribution in [0.5, 0.6) is 11.5 Å². The first-order chi connectivity index (χ1) is 12.6. The molecule has 6 heteroatoms. The van der Waals surface area contributed by atoms with Gasteiger partial charge < -0.3 is 29.5 Å². The molecule has 1 aliphatic heterocycles. The molecule has 0 bridgehead atoms. The summed E-state index contributed by atoms with van der Waals surface area (Å²) in [4.78, 5) is 0. The third-order valence-corrected chi connectivity index (χ3v) is 4.27. The lowest BCUT2D eigenvalue weighted by Gasteiger charge is -2.32. The van der Waals surface area contributed by atoms with E-state index in [4.69, 9.17) is 19.3 Å². The molecule has 6 nitrogen and oxygen atoms in total. The number of aliphatic hydroxyl groups is 3. The van der Waals surface area contributed by atoms with Gasteiger partial charge in [0, 0.05) is 6.42 Å². The molecule has 0 aromatic heterocycles. The highest BCUT2D eigenvalue weighted by Crippen LogP contribution is 2.28. The Hall–Kier alpha value is -2.70.